The molecule has 1 fully saturated rings. The normalized spacial score (nSPS) is 17.9. The molecule has 140 valence electrons. The van der Waals surface area contributed by atoms with E-state index < -0.39 is 0 Å². The average molecular weight is 364 g/mol. The first kappa shape index (κ1) is 18.8. The molecule has 1 aliphatic rings. The molecule has 2 aromatic carbocycles. The first-order chi connectivity index (χ1) is 12.8. The summed E-state index contributed by atoms with van der Waals surface area (Å²) >= 11 is 0. The van der Waals surface area contributed by atoms with Crippen molar-refractivity contribution in [1.29, 1.82) is 0 Å². The molecule has 2 amide bonds. The highest BCUT2D eigenvalue weighted by molar-refractivity contribution is 6.04. The summed E-state index contributed by atoms with van der Waals surface area (Å²) in [5.41, 5.74) is 5.13. The van der Waals surface area contributed by atoms with Gasteiger partial charge in [-0.25, -0.2) is 0 Å². The number of carbonyl (C=O) groups is 3. The van der Waals surface area contributed by atoms with Crippen LogP contribution in [0.2, 0.25) is 0 Å². The third-order valence-electron chi connectivity index (χ3n) is 4.93. The van der Waals surface area contributed by atoms with Gasteiger partial charge in [0.25, 0.3) is 0 Å². The Morgan fingerprint density at radius 1 is 0.889 bits per heavy atom. The zero-order valence-corrected chi connectivity index (χ0v) is 16.1. The van der Waals surface area contributed by atoms with Crippen molar-refractivity contribution in [3.05, 3.63) is 58.7 Å². The maximum absolute atomic E-state index is 12.5. The molecule has 2 N–H and O–H groups in total. The molecule has 3 rings (SSSR count). The smallest absolute Gasteiger partial charge is 0.228 e. The Morgan fingerprint density at radius 3 is 2.07 bits per heavy atom. The fraction of sp³-hybridized carbons (Fsp3) is 0.318. The Hall–Kier alpha value is -2.95. The Bertz CT molecular complexity index is 910. The van der Waals surface area contributed by atoms with E-state index in [0.717, 1.165) is 22.4 Å². The molecule has 0 spiro atoms. The minimum absolute atomic E-state index is 0.0568. The summed E-state index contributed by atoms with van der Waals surface area (Å²) in [6.45, 7) is 7.44. The van der Waals surface area contributed by atoms with Gasteiger partial charge in [-0.05, 0) is 57.4 Å². The van der Waals surface area contributed by atoms with Gasteiger partial charge in [-0.2, -0.15) is 0 Å². The summed E-state index contributed by atoms with van der Waals surface area (Å²) in [4.78, 5) is 36.4. The summed E-state index contributed by atoms with van der Waals surface area (Å²) in [5, 5.41) is 5.78. The molecule has 5 nitrogen and oxygen atoms in total. The highest BCUT2D eigenvalue weighted by Gasteiger charge is 2.48. The predicted molar refractivity (Wildman–Crippen MR) is 106 cm³/mol. The molecule has 0 radical (unpaired) electrons. The van der Waals surface area contributed by atoms with Crippen molar-refractivity contribution in [1.82, 2.24) is 0 Å². The number of Topliss-reactive ketones (excluding diaryl/α,β-unsaturated/α-hetero) is 1. The zero-order chi connectivity index (χ0) is 19.7. The quantitative estimate of drug-likeness (QED) is 0.787. The molecule has 0 saturated heterocycles. The van der Waals surface area contributed by atoms with E-state index in [9.17, 15) is 14.4 Å². The summed E-state index contributed by atoms with van der Waals surface area (Å²) < 4.78 is 0. The lowest BCUT2D eigenvalue weighted by Crippen LogP contribution is -2.21. The fourth-order valence-corrected chi connectivity index (χ4v) is 3.42. The van der Waals surface area contributed by atoms with Crippen molar-refractivity contribution in [2.75, 3.05) is 10.6 Å². The van der Waals surface area contributed by atoms with Crippen molar-refractivity contribution in [2.24, 2.45) is 11.8 Å². The molecule has 0 aliphatic heterocycles. The summed E-state index contributed by atoms with van der Waals surface area (Å²) in [6, 6.07) is 10.9. The predicted octanol–water partition coefficient (Wildman–Crippen LogP) is 4.03. The Labute approximate surface area is 159 Å². The lowest BCUT2D eigenvalue weighted by Gasteiger charge is -2.13. The van der Waals surface area contributed by atoms with Gasteiger partial charge in [-0.15, -0.1) is 0 Å². The van der Waals surface area contributed by atoms with E-state index in [-0.39, 0.29) is 29.4 Å². The van der Waals surface area contributed by atoms with Crippen LogP contribution in [0, 0.1) is 32.6 Å². The van der Waals surface area contributed by atoms with Crippen LogP contribution in [0.1, 0.15) is 40.4 Å². The van der Waals surface area contributed by atoms with Gasteiger partial charge in [0.15, 0.2) is 5.78 Å². The van der Waals surface area contributed by atoms with Crippen LogP contribution >= 0.6 is 0 Å². The molecule has 5 heteroatoms. The maximum Gasteiger partial charge on any atom is 0.228 e. The molecule has 2 unspecified atom stereocenters. The molecular weight excluding hydrogens is 340 g/mol. The van der Waals surface area contributed by atoms with Gasteiger partial charge in [-0.3, -0.25) is 14.4 Å². The minimum atomic E-state index is -0.336. The van der Waals surface area contributed by atoms with Crippen molar-refractivity contribution >= 4 is 29.0 Å². The van der Waals surface area contributed by atoms with Crippen molar-refractivity contribution in [3.8, 4) is 0 Å². The highest BCUT2D eigenvalue weighted by Crippen LogP contribution is 2.40. The summed E-state index contributed by atoms with van der Waals surface area (Å²) in [7, 11) is 0. The number of anilines is 2. The van der Waals surface area contributed by atoms with Crippen LogP contribution < -0.4 is 10.6 Å². The standard InChI is InChI=1S/C22H24N2O3/c1-12-8-13(2)20(14(3)9-12)24-22(27)19-11-18(19)21(26)23-17-7-5-6-16(10-17)15(4)25/h5-10,18-19H,11H2,1-4H3,(H,23,26)(H,24,27). The van der Waals surface area contributed by atoms with Crippen molar-refractivity contribution in [3.63, 3.8) is 0 Å². The van der Waals surface area contributed by atoms with Gasteiger partial charge in [-0.1, -0.05) is 29.8 Å². The minimum Gasteiger partial charge on any atom is -0.326 e. The number of aryl methyl sites for hydroxylation is 3. The lowest BCUT2D eigenvalue weighted by atomic mass is 10.0. The van der Waals surface area contributed by atoms with Gasteiger partial charge < -0.3 is 10.6 Å². The number of ketones is 1. The van der Waals surface area contributed by atoms with Gasteiger partial charge in [0, 0.05) is 16.9 Å². The number of hydrogen-bond acceptors (Lipinski definition) is 3. The molecule has 2 atom stereocenters. The number of amides is 2. The first-order valence-electron chi connectivity index (χ1n) is 9.07. The van der Waals surface area contributed by atoms with Crippen LogP contribution in [0.5, 0.6) is 0 Å². The van der Waals surface area contributed by atoms with E-state index in [1.165, 1.54) is 6.92 Å². The monoisotopic (exact) mass is 364 g/mol. The molecular formula is C22H24N2O3. The SMILES string of the molecule is CC(=O)c1cccc(NC(=O)C2CC2C(=O)Nc2c(C)cc(C)cc2C)c1. The molecule has 0 aromatic heterocycles. The molecule has 1 aliphatic carbocycles. The second-order valence-electron chi connectivity index (χ2n) is 7.34. The van der Waals surface area contributed by atoms with Crippen LogP contribution in [0.4, 0.5) is 11.4 Å². The molecule has 0 heterocycles. The largest absolute Gasteiger partial charge is 0.326 e. The van der Waals surface area contributed by atoms with Crippen molar-refractivity contribution < 1.29 is 14.4 Å². The van der Waals surface area contributed by atoms with Gasteiger partial charge in [0.1, 0.15) is 0 Å². The van der Waals surface area contributed by atoms with E-state index >= 15 is 0 Å². The topological polar surface area (TPSA) is 75.3 Å². The fourth-order valence-electron chi connectivity index (χ4n) is 3.42. The van der Waals surface area contributed by atoms with Crippen molar-refractivity contribution in [2.45, 2.75) is 34.1 Å². The highest BCUT2D eigenvalue weighted by atomic mass is 16.2. The van der Waals surface area contributed by atoms with Crippen LogP contribution in [0.3, 0.4) is 0 Å². The number of rotatable bonds is 5. The third kappa shape index (κ3) is 4.25. The third-order valence-corrected chi connectivity index (χ3v) is 4.93. The van der Waals surface area contributed by atoms with E-state index in [1.807, 2.05) is 32.9 Å². The summed E-state index contributed by atoms with van der Waals surface area (Å²) in [5.74, 6) is -1.02. The second kappa shape index (κ2) is 7.35. The molecule has 2 aromatic rings. The van der Waals surface area contributed by atoms with Crippen LogP contribution in [-0.4, -0.2) is 17.6 Å². The maximum atomic E-state index is 12.5. The van der Waals surface area contributed by atoms with Gasteiger partial charge in [0.05, 0.1) is 11.8 Å². The number of benzene rings is 2. The average Bonchev–Trinajstić information content (AvgIpc) is 3.39. The van der Waals surface area contributed by atoms with Gasteiger partial charge >= 0.3 is 0 Å². The molecule has 27 heavy (non-hydrogen) atoms. The number of hydrogen-bond donors (Lipinski definition) is 2. The van der Waals surface area contributed by atoms with Crippen LogP contribution in [-0.2, 0) is 9.59 Å². The Balaban J connectivity index is 1.62. The van der Waals surface area contributed by atoms with E-state index in [0.29, 0.717) is 17.7 Å². The molecule has 0 bridgehead atoms. The molecule has 1 saturated carbocycles. The number of nitrogens with one attached hydrogen (secondary N) is 2. The van der Waals surface area contributed by atoms with E-state index in [2.05, 4.69) is 10.6 Å². The van der Waals surface area contributed by atoms with Crippen LogP contribution in [0.15, 0.2) is 36.4 Å². The Kier molecular flexibility index (Phi) is 5.13. The van der Waals surface area contributed by atoms with E-state index in [1.54, 1.807) is 24.3 Å². The lowest BCUT2D eigenvalue weighted by molar-refractivity contribution is -0.122. The van der Waals surface area contributed by atoms with E-state index in [4.69, 9.17) is 0 Å². The second-order valence-corrected chi connectivity index (χ2v) is 7.34. The zero-order valence-electron chi connectivity index (χ0n) is 16.1. The van der Waals surface area contributed by atoms with Gasteiger partial charge in [0.2, 0.25) is 11.8 Å². The number of carbonyl (C=O) groups excluding carboxylic acids is 3. The summed E-state index contributed by atoms with van der Waals surface area (Å²) in [6.07, 6.45) is 0.536. The Morgan fingerprint density at radius 2 is 1.48 bits per heavy atom. The first-order valence-corrected chi connectivity index (χ1v) is 9.07. The van der Waals surface area contributed by atoms with Crippen LogP contribution in [0.25, 0.3) is 0 Å².